The fraction of sp³-hybridized carbons (Fsp3) is 0.444. The first-order valence-corrected chi connectivity index (χ1v) is 11.9. The van der Waals surface area contributed by atoms with E-state index in [1.165, 1.54) is 25.7 Å². The number of hydrogen-bond acceptors (Lipinski definition) is 4. The molecule has 1 aliphatic carbocycles. The summed E-state index contributed by atoms with van der Waals surface area (Å²) in [4.78, 5) is 33.1. The minimum absolute atomic E-state index is 0.00696. The summed E-state index contributed by atoms with van der Waals surface area (Å²) in [5, 5.41) is 10.00. The maximum Gasteiger partial charge on any atom is 0.254 e. The molecule has 0 spiro atoms. The molecule has 1 aromatic heterocycles. The highest BCUT2D eigenvalue weighted by Gasteiger charge is 2.54. The van der Waals surface area contributed by atoms with Gasteiger partial charge < -0.3 is 14.9 Å². The smallest absolute Gasteiger partial charge is 0.254 e. The van der Waals surface area contributed by atoms with E-state index in [0.29, 0.717) is 12.1 Å². The van der Waals surface area contributed by atoms with E-state index in [1.54, 1.807) is 34.3 Å². The zero-order valence-electron chi connectivity index (χ0n) is 18.7. The summed E-state index contributed by atoms with van der Waals surface area (Å²) in [7, 11) is 0. The minimum atomic E-state index is -0.250. The summed E-state index contributed by atoms with van der Waals surface area (Å²) in [5.41, 5.74) is 2.59. The van der Waals surface area contributed by atoms with Crippen molar-refractivity contribution < 1.29 is 14.7 Å². The SMILES string of the molecule is O=C(c1ccncc1)N1CC(=O)N2[C@@H](CO)[C@@H](c3ccc(C#CCC4CCCC4)cc3)[C@@H]2C1. The lowest BCUT2D eigenvalue weighted by Gasteiger charge is -2.58. The van der Waals surface area contributed by atoms with E-state index in [9.17, 15) is 14.7 Å². The highest BCUT2D eigenvalue weighted by molar-refractivity contribution is 5.97. The van der Waals surface area contributed by atoms with E-state index in [1.807, 2.05) is 12.1 Å². The molecule has 1 saturated carbocycles. The van der Waals surface area contributed by atoms with Crippen LogP contribution in [0.1, 0.15) is 59.5 Å². The molecule has 3 heterocycles. The van der Waals surface area contributed by atoms with Gasteiger partial charge in [0.25, 0.3) is 5.91 Å². The highest BCUT2D eigenvalue weighted by atomic mass is 16.3. The number of pyridine rings is 1. The maximum atomic E-state index is 12.9. The number of carbonyl (C=O) groups is 2. The maximum absolute atomic E-state index is 12.9. The first kappa shape index (κ1) is 21.7. The van der Waals surface area contributed by atoms with Crippen molar-refractivity contribution in [1.29, 1.82) is 0 Å². The summed E-state index contributed by atoms with van der Waals surface area (Å²) in [6.45, 7) is 0.404. The van der Waals surface area contributed by atoms with Gasteiger partial charge in [-0.2, -0.15) is 0 Å². The molecule has 2 amide bonds. The van der Waals surface area contributed by atoms with Crippen LogP contribution < -0.4 is 0 Å². The molecule has 0 bridgehead atoms. The number of benzene rings is 1. The molecule has 1 N–H and O–H groups in total. The summed E-state index contributed by atoms with van der Waals surface area (Å²) in [5.74, 6) is 7.09. The Labute approximate surface area is 194 Å². The van der Waals surface area contributed by atoms with Crippen molar-refractivity contribution in [2.75, 3.05) is 19.7 Å². The molecular formula is C27H29N3O3. The number of piperazine rings is 1. The van der Waals surface area contributed by atoms with Gasteiger partial charge in [-0.15, -0.1) is 0 Å². The minimum Gasteiger partial charge on any atom is -0.394 e. The van der Waals surface area contributed by atoms with Crippen LogP contribution >= 0.6 is 0 Å². The zero-order valence-corrected chi connectivity index (χ0v) is 18.7. The number of amides is 2. The van der Waals surface area contributed by atoms with Crippen LogP contribution in [-0.2, 0) is 4.79 Å². The van der Waals surface area contributed by atoms with Crippen LogP contribution in [0.5, 0.6) is 0 Å². The van der Waals surface area contributed by atoms with Crippen molar-refractivity contribution in [3.05, 3.63) is 65.5 Å². The second kappa shape index (κ2) is 9.36. The lowest BCUT2D eigenvalue weighted by atomic mass is 9.73. The Balaban J connectivity index is 1.30. The predicted molar refractivity (Wildman–Crippen MR) is 124 cm³/mol. The molecule has 0 unspecified atom stereocenters. The number of rotatable bonds is 4. The van der Waals surface area contributed by atoms with Crippen LogP contribution in [0.25, 0.3) is 0 Å². The standard InChI is InChI=1S/C27H29N3O3/c31-18-24-26(21-10-8-20(9-11-21)7-3-6-19-4-1-2-5-19)23-16-29(17-25(32)30(23)24)27(33)22-12-14-28-15-13-22/h8-15,19,23-24,26,31H,1-2,4-6,16-18H2/t23-,24-,26-/m0/s1. The first-order valence-electron chi connectivity index (χ1n) is 11.9. The van der Waals surface area contributed by atoms with Crippen molar-refractivity contribution in [2.45, 2.75) is 50.1 Å². The number of nitrogens with zero attached hydrogens (tertiary/aromatic N) is 3. The van der Waals surface area contributed by atoms with E-state index < -0.39 is 0 Å². The Kier molecular flexibility index (Phi) is 6.15. The Bertz CT molecular complexity index is 1070. The van der Waals surface area contributed by atoms with Gasteiger partial charge in [0.1, 0.15) is 6.54 Å². The van der Waals surface area contributed by atoms with E-state index in [-0.39, 0.29) is 43.0 Å². The van der Waals surface area contributed by atoms with Crippen molar-refractivity contribution in [3.8, 4) is 11.8 Å². The highest BCUT2D eigenvalue weighted by Crippen LogP contribution is 2.43. The number of fused-ring (bicyclic) bond motifs is 1. The Morgan fingerprint density at radius 1 is 1.09 bits per heavy atom. The average molecular weight is 444 g/mol. The van der Waals surface area contributed by atoms with Crippen LogP contribution in [0.4, 0.5) is 0 Å². The van der Waals surface area contributed by atoms with Crippen molar-refractivity contribution in [1.82, 2.24) is 14.8 Å². The first-order chi connectivity index (χ1) is 16.2. The van der Waals surface area contributed by atoms with Crippen molar-refractivity contribution >= 4 is 11.8 Å². The van der Waals surface area contributed by atoms with E-state index in [0.717, 1.165) is 23.5 Å². The topological polar surface area (TPSA) is 73.7 Å². The van der Waals surface area contributed by atoms with Gasteiger partial charge in [-0.05, 0) is 48.6 Å². The molecule has 5 rings (SSSR count). The lowest BCUT2D eigenvalue weighted by Crippen LogP contribution is -2.73. The Morgan fingerprint density at radius 2 is 1.82 bits per heavy atom. The molecule has 6 heteroatoms. The van der Waals surface area contributed by atoms with Gasteiger partial charge in [0.15, 0.2) is 0 Å². The summed E-state index contributed by atoms with van der Waals surface area (Å²) in [6, 6.07) is 11.1. The number of aliphatic hydroxyl groups excluding tert-OH is 1. The van der Waals surface area contributed by atoms with Gasteiger partial charge in [-0.25, -0.2) is 0 Å². The molecule has 2 aromatic rings. The van der Waals surface area contributed by atoms with Gasteiger partial charge in [-0.1, -0.05) is 36.8 Å². The van der Waals surface area contributed by atoms with Crippen LogP contribution in [0.2, 0.25) is 0 Å². The number of aliphatic hydroxyl groups is 1. The molecule has 6 nitrogen and oxygen atoms in total. The monoisotopic (exact) mass is 443 g/mol. The van der Waals surface area contributed by atoms with Gasteiger partial charge >= 0.3 is 0 Å². The lowest BCUT2D eigenvalue weighted by molar-refractivity contribution is -0.159. The molecule has 2 aliphatic heterocycles. The number of aromatic nitrogens is 1. The molecule has 3 fully saturated rings. The fourth-order valence-corrected chi connectivity index (χ4v) is 5.63. The molecule has 2 saturated heterocycles. The number of carbonyl (C=O) groups excluding carboxylic acids is 2. The van der Waals surface area contributed by atoms with Gasteiger partial charge in [0.05, 0.1) is 18.7 Å². The third kappa shape index (κ3) is 4.26. The van der Waals surface area contributed by atoms with Crippen molar-refractivity contribution in [3.63, 3.8) is 0 Å². The van der Waals surface area contributed by atoms with Gasteiger partial charge in [-0.3, -0.25) is 14.6 Å². The average Bonchev–Trinajstić information content (AvgIpc) is 3.35. The third-order valence-corrected chi connectivity index (χ3v) is 7.36. The quantitative estimate of drug-likeness (QED) is 0.738. The van der Waals surface area contributed by atoms with Crippen LogP contribution in [0.3, 0.4) is 0 Å². The Hall–Kier alpha value is -3.17. The van der Waals surface area contributed by atoms with Crippen LogP contribution in [0.15, 0.2) is 48.8 Å². The van der Waals surface area contributed by atoms with Crippen molar-refractivity contribution in [2.24, 2.45) is 5.92 Å². The second-order valence-corrected chi connectivity index (χ2v) is 9.34. The Morgan fingerprint density at radius 3 is 2.52 bits per heavy atom. The fourth-order valence-electron chi connectivity index (χ4n) is 5.63. The summed E-state index contributed by atoms with van der Waals surface area (Å²) >= 11 is 0. The molecule has 3 aliphatic rings. The molecule has 1 aromatic carbocycles. The van der Waals surface area contributed by atoms with Crippen LogP contribution in [-0.4, -0.2) is 63.5 Å². The second-order valence-electron chi connectivity index (χ2n) is 9.34. The largest absolute Gasteiger partial charge is 0.394 e. The van der Waals surface area contributed by atoms with E-state index >= 15 is 0 Å². The third-order valence-electron chi connectivity index (χ3n) is 7.36. The summed E-state index contributed by atoms with van der Waals surface area (Å²) in [6.07, 6.45) is 9.40. The zero-order chi connectivity index (χ0) is 22.8. The van der Waals surface area contributed by atoms with E-state index in [2.05, 4.69) is 29.0 Å². The summed E-state index contributed by atoms with van der Waals surface area (Å²) < 4.78 is 0. The normalized spacial score (nSPS) is 24.6. The molecule has 3 atom stereocenters. The molecule has 33 heavy (non-hydrogen) atoms. The molecule has 0 radical (unpaired) electrons. The van der Waals surface area contributed by atoms with Gasteiger partial charge in [0.2, 0.25) is 5.91 Å². The van der Waals surface area contributed by atoms with Crippen LogP contribution in [0, 0.1) is 17.8 Å². The molecular weight excluding hydrogens is 414 g/mol. The predicted octanol–water partition coefficient (Wildman–Crippen LogP) is 2.82. The number of hydrogen-bond donors (Lipinski definition) is 1. The molecule has 170 valence electrons. The van der Waals surface area contributed by atoms with E-state index in [4.69, 9.17) is 0 Å². The van der Waals surface area contributed by atoms with Gasteiger partial charge in [0, 0.05) is 42.4 Å².